The standard InChI is InChI=1S/C18H24N6O4/c1-3-28-18(26)15-14-8-11-23(21-10-9-20-19)17(25)16(14)24(22-15)12-4-6-13(27-2)7-5-12/h4-7,20-21H,3,8-11,19H2,1-2H3. The van der Waals surface area contributed by atoms with Crippen LogP contribution in [0.3, 0.4) is 0 Å². The first-order valence-corrected chi connectivity index (χ1v) is 9.03. The van der Waals surface area contributed by atoms with Crippen LogP contribution in [0.1, 0.15) is 33.5 Å². The Hall–Kier alpha value is -2.95. The summed E-state index contributed by atoms with van der Waals surface area (Å²) in [5.41, 5.74) is 7.32. The number of hydrazine groups is 2. The fourth-order valence-electron chi connectivity index (χ4n) is 3.05. The lowest BCUT2D eigenvalue weighted by Gasteiger charge is -2.28. The summed E-state index contributed by atoms with van der Waals surface area (Å²) < 4.78 is 11.8. The maximum atomic E-state index is 13.1. The summed E-state index contributed by atoms with van der Waals surface area (Å²) in [5.74, 6) is 5.15. The van der Waals surface area contributed by atoms with E-state index >= 15 is 0 Å². The highest BCUT2D eigenvalue weighted by atomic mass is 16.5. The van der Waals surface area contributed by atoms with E-state index < -0.39 is 5.97 Å². The van der Waals surface area contributed by atoms with Gasteiger partial charge in [0.05, 0.1) is 19.4 Å². The van der Waals surface area contributed by atoms with Crippen LogP contribution in [-0.4, -0.2) is 60.0 Å². The van der Waals surface area contributed by atoms with Crippen LogP contribution in [0.25, 0.3) is 5.69 Å². The van der Waals surface area contributed by atoms with E-state index in [-0.39, 0.29) is 18.2 Å². The number of esters is 1. The summed E-state index contributed by atoms with van der Waals surface area (Å²) in [6.45, 7) is 3.36. The molecule has 0 saturated carbocycles. The third-order valence-electron chi connectivity index (χ3n) is 4.37. The number of nitrogens with two attached hydrogens (primary N) is 1. The van der Waals surface area contributed by atoms with Crippen molar-refractivity contribution in [3.05, 3.63) is 41.2 Å². The van der Waals surface area contributed by atoms with Crippen molar-refractivity contribution in [3.8, 4) is 11.4 Å². The van der Waals surface area contributed by atoms with E-state index in [1.54, 1.807) is 38.3 Å². The number of carbonyl (C=O) groups excluding carboxylic acids is 2. The molecule has 0 saturated heterocycles. The number of hydrogen-bond donors (Lipinski definition) is 3. The Balaban J connectivity index is 2.02. The lowest BCUT2D eigenvalue weighted by molar-refractivity contribution is 0.0517. The molecule has 0 spiro atoms. The number of methoxy groups -OCH3 is 1. The molecular formula is C18H24N6O4. The van der Waals surface area contributed by atoms with Gasteiger partial charge in [0, 0.05) is 25.2 Å². The smallest absolute Gasteiger partial charge is 0.359 e. The Bertz CT molecular complexity index is 849. The molecule has 4 N–H and O–H groups in total. The molecule has 0 fully saturated rings. The number of fused-ring (bicyclic) bond motifs is 1. The van der Waals surface area contributed by atoms with Gasteiger partial charge in [-0.2, -0.15) is 5.10 Å². The molecule has 28 heavy (non-hydrogen) atoms. The average molecular weight is 388 g/mol. The van der Waals surface area contributed by atoms with Gasteiger partial charge in [0.15, 0.2) is 5.69 Å². The average Bonchev–Trinajstić information content (AvgIpc) is 3.10. The molecule has 10 heteroatoms. The van der Waals surface area contributed by atoms with Crippen molar-refractivity contribution in [3.63, 3.8) is 0 Å². The highest BCUT2D eigenvalue weighted by molar-refractivity contribution is 6.00. The molecule has 1 aromatic carbocycles. The van der Waals surface area contributed by atoms with Gasteiger partial charge >= 0.3 is 5.97 Å². The maximum absolute atomic E-state index is 13.1. The van der Waals surface area contributed by atoms with Gasteiger partial charge in [0.1, 0.15) is 11.4 Å². The Kier molecular flexibility index (Phi) is 6.24. The van der Waals surface area contributed by atoms with E-state index in [0.717, 1.165) is 0 Å². The SMILES string of the molecule is CCOC(=O)c1nn(-c2ccc(OC)cc2)c2c1CCN(NCCNN)C2=O. The van der Waals surface area contributed by atoms with Crippen LogP contribution in [0.2, 0.25) is 0 Å². The third kappa shape index (κ3) is 3.84. The molecule has 10 nitrogen and oxygen atoms in total. The van der Waals surface area contributed by atoms with Crippen molar-refractivity contribution in [2.45, 2.75) is 13.3 Å². The van der Waals surface area contributed by atoms with Crippen LogP contribution in [0.4, 0.5) is 0 Å². The molecule has 0 radical (unpaired) electrons. The highest BCUT2D eigenvalue weighted by Gasteiger charge is 2.34. The molecule has 2 aromatic rings. The summed E-state index contributed by atoms with van der Waals surface area (Å²) in [6.07, 6.45) is 0.481. The molecule has 0 bridgehead atoms. The first-order chi connectivity index (χ1) is 13.6. The van der Waals surface area contributed by atoms with Gasteiger partial charge in [-0.25, -0.2) is 14.9 Å². The molecule has 0 aliphatic carbocycles. The first-order valence-electron chi connectivity index (χ1n) is 9.03. The van der Waals surface area contributed by atoms with Crippen molar-refractivity contribution in [1.29, 1.82) is 0 Å². The number of amides is 1. The topological polar surface area (TPSA) is 124 Å². The van der Waals surface area contributed by atoms with E-state index in [2.05, 4.69) is 16.0 Å². The van der Waals surface area contributed by atoms with Crippen LogP contribution in [0.15, 0.2) is 24.3 Å². The van der Waals surface area contributed by atoms with Crippen molar-refractivity contribution < 1.29 is 19.1 Å². The number of carbonyl (C=O) groups is 2. The van der Waals surface area contributed by atoms with E-state index in [1.165, 1.54) is 9.69 Å². The largest absolute Gasteiger partial charge is 0.497 e. The number of ether oxygens (including phenoxy) is 2. The van der Waals surface area contributed by atoms with Crippen molar-refractivity contribution in [2.24, 2.45) is 5.84 Å². The maximum Gasteiger partial charge on any atom is 0.359 e. The Morgan fingerprint density at radius 3 is 2.68 bits per heavy atom. The molecule has 1 aliphatic rings. The van der Waals surface area contributed by atoms with E-state index in [4.69, 9.17) is 15.3 Å². The monoisotopic (exact) mass is 388 g/mol. The molecule has 3 rings (SSSR count). The van der Waals surface area contributed by atoms with Crippen LogP contribution in [0, 0.1) is 0 Å². The lowest BCUT2D eigenvalue weighted by Crippen LogP contribution is -2.49. The second kappa shape index (κ2) is 8.83. The minimum Gasteiger partial charge on any atom is -0.497 e. The van der Waals surface area contributed by atoms with Crippen LogP contribution in [-0.2, 0) is 11.2 Å². The highest BCUT2D eigenvalue weighted by Crippen LogP contribution is 2.26. The number of rotatable bonds is 8. The number of nitrogens with zero attached hydrogens (tertiary/aromatic N) is 3. The summed E-state index contributed by atoms with van der Waals surface area (Å²) in [6, 6.07) is 7.09. The molecule has 0 atom stereocenters. The zero-order valence-corrected chi connectivity index (χ0v) is 15.9. The van der Waals surface area contributed by atoms with Crippen molar-refractivity contribution in [1.82, 2.24) is 25.6 Å². The van der Waals surface area contributed by atoms with Crippen molar-refractivity contribution >= 4 is 11.9 Å². The first kappa shape index (κ1) is 19.8. The van der Waals surface area contributed by atoms with Gasteiger partial charge in [-0.3, -0.25) is 21.1 Å². The molecule has 2 heterocycles. The summed E-state index contributed by atoms with van der Waals surface area (Å²) in [7, 11) is 1.58. The van der Waals surface area contributed by atoms with E-state index in [1.807, 2.05) is 0 Å². The van der Waals surface area contributed by atoms with Crippen molar-refractivity contribution in [2.75, 3.05) is 33.4 Å². The lowest BCUT2D eigenvalue weighted by atomic mass is 10.0. The quantitative estimate of drug-likeness (QED) is 0.250. The van der Waals surface area contributed by atoms with Gasteiger partial charge in [-0.15, -0.1) is 0 Å². The number of benzene rings is 1. The summed E-state index contributed by atoms with van der Waals surface area (Å²) in [5, 5.41) is 5.92. The fraction of sp³-hybridized carbons (Fsp3) is 0.389. The zero-order chi connectivity index (χ0) is 20.1. The third-order valence-corrected chi connectivity index (χ3v) is 4.37. The Morgan fingerprint density at radius 1 is 1.29 bits per heavy atom. The van der Waals surface area contributed by atoms with Gasteiger partial charge in [-0.05, 0) is 37.6 Å². The number of aromatic nitrogens is 2. The van der Waals surface area contributed by atoms with Gasteiger partial charge in [0.2, 0.25) is 0 Å². The zero-order valence-electron chi connectivity index (χ0n) is 15.9. The fourth-order valence-corrected chi connectivity index (χ4v) is 3.05. The summed E-state index contributed by atoms with van der Waals surface area (Å²) >= 11 is 0. The van der Waals surface area contributed by atoms with Crippen LogP contribution >= 0.6 is 0 Å². The Morgan fingerprint density at radius 2 is 2.04 bits per heavy atom. The van der Waals surface area contributed by atoms with Gasteiger partial charge in [-0.1, -0.05) is 0 Å². The normalized spacial score (nSPS) is 13.4. The summed E-state index contributed by atoms with van der Waals surface area (Å²) in [4.78, 5) is 25.5. The predicted octanol–water partition coefficient (Wildman–Crippen LogP) is 0.0238. The van der Waals surface area contributed by atoms with Gasteiger partial charge in [0.25, 0.3) is 5.91 Å². The molecule has 1 aliphatic heterocycles. The molecule has 1 aromatic heterocycles. The second-order valence-electron chi connectivity index (χ2n) is 6.08. The molecular weight excluding hydrogens is 364 g/mol. The van der Waals surface area contributed by atoms with E-state index in [9.17, 15) is 9.59 Å². The predicted molar refractivity (Wildman–Crippen MR) is 101 cm³/mol. The second-order valence-corrected chi connectivity index (χ2v) is 6.08. The number of nitrogens with one attached hydrogen (secondary N) is 2. The molecule has 150 valence electrons. The number of hydrogen-bond acceptors (Lipinski definition) is 8. The molecule has 0 unspecified atom stereocenters. The van der Waals surface area contributed by atoms with Gasteiger partial charge < -0.3 is 9.47 Å². The van der Waals surface area contributed by atoms with Crippen LogP contribution < -0.4 is 21.4 Å². The van der Waals surface area contributed by atoms with Crippen LogP contribution in [0.5, 0.6) is 5.75 Å². The molecule has 1 amide bonds. The van der Waals surface area contributed by atoms with E-state index in [0.29, 0.717) is 48.7 Å². The minimum absolute atomic E-state index is 0.171. The Labute approximate surface area is 162 Å². The minimum atomic E-state index is -0.535.